The summed E-state index contributed by atoms with van der Waals surface area (Å²) in [5.41, 5.74) is 1.12. The molecule has 0 radical (unpaired) electrons. The van der Waals surface area contributed by atoms with Gasteiger partial charge in [-0.25, -0.2) is 8.42 Å². The van der Waals surface area contributed by atoms with Gasteiger partial charge in [0, 0.05) is 21.4 Å². The predicted molar refractivity (Wildman–Crippen MR) is 104 cm³/mol. The van der Waals surface area contributed by atoms with Crippen LogP contribution < -0.4 is 4.90 Å². The average Bonchev–Trinajstić information content (AvgIpc) is 2.92. The Kier molecular flexibility index (Phi) is 4.71. The maximum atomic E-state index is 12.4. The monoisotopic (exact) mass is 400 g/mol. The third-order valence-electron chi connectivity index (χ3n) is 4.34. The first-order chi connectivity index (χ1) is 11.5. The first-order valence-corrected chi connectivity index (χ1v) is 11.1. The van der Waals surface area contributed by atoms with Crippen molar-refractivity contribution in [1.29, 1.82) is 0 Å². The molecule has 25 heavy (non-hydrogen) atoms. The van der Waals surface area contributed by atoms with Crippen LogP contribution in [0.5, 0.6) is 0 Å². The van der Waals surface area contributed by atoms with E-state index in [0.29, 0.717) is 10.2 Å². The molecule has 1 amide bonds. The van der Waals surface area contributed by atoms with E-state index in [2.05, 4.69) is 4.99 Å². The molecule has 2 fully saturated rings. The normalized spacial score (nSPS) is 26.9. The van der Waals surface area contributed by atoms with Gasteiger partial charge >= 0.3 is 0 Å². The lowest BCUT2D eigenvalue weighted by molar-refractivity contribution is -0.124. The lowest BCUT2D eigenvalue weighted by Crippen LogP contribution is -2.38. The second-order valence-electron chi connectivity index (χ2n) is 7.55. The molecule has 2 atom stereocenters. The number of halogens is 1. The molecule has 2 unspecified atom stereocenters. The molecular formula is C17H21ClN2O3S2. The van der Waals surface area contributed by atoms with Gasteiger partial charge in [0.15, 0.2) is 15.0 Å². The van der Waals surface area contributed by atoms with E-state index in [9.17, 15) is 13.2 Å². The molecular weight excluding hydrogens is 380 g/mol. The maximum Gasteiger partial charge on any atom is 0.253 e. The number of sulfone groups is 1. The van der Waals surface area contributed by atoms with E-state index in [1.165, 1.54) is 11.8 Å². The predicted octanol–water partition coefficient (Wildman–Crippen LogP) is 3.30. The number of carbonyl (C=O) groups is 1. The maximum absolute atomic E-state index is 12.4. The Hall–Kier alpha value is -1.05. The van der Waals surface area contributed by atoms with Crippen LogP contribution in [0.3, 0.4) is 0 Å². The number of rotatable bonds is 1. The number of hydrogen-bond acceptors (Lipinski definition) is 4. The van der Waals surface area contributed by atoms with Gasteiger partial charge in [0.1, 0.15) is 0 Å². The summed E-state index contributed by atoms with van der Waals surface area (Å²) in [6.07, 6.45) is 0. The van der Waals surface area contributed by atoms with Crippen LogP contribution in [0.2, 0.25) is 5.02 Å². The molecule has 2 aliphatic heterocycles. The number of fused-ring (bicyclic) bond motifs is 1. The van der Waals surface area contributed by atoms with Crippen LogP contribution in [0.4, 0.5) is 5.69 Å². The number of aryl methyl sites for hydroxylation is 1. The Morgan fingerprint density at radius 3 is 2.60 bits per heavy atom. The van der Waals surface area contributed by atoms with Crippen molar-refractivity contribution in [2.45, 2.75) is 39.0 Å². The molecule has 8 heteroatoms. The lowest BCUT2D eigenvalue weighted by atomic mass is 9.96. The van der Waals surface area contributed by atoms with Crippen molar-refractivity contribution < 1.29 is 13.2 Å². The molecule has 136 valence electrons. The number of anilines is 1. The Labute approximate surface area is 157 Å². The number of amides is 1. The van der Waals surface area contributed by atoms with E-state index < -0.39 is 15.3 Å². The summed E-state index contributed by atoms with van der Waals surface area (Å²) < 4.78 is 24.1. The quantitative estimate of drug-likeness (QED) is 0.723. The Balaban J connectivity index is 2.05. The number of hydrogen-bond donors (Lipinski definition) is 0. The highest BCUT2D eigenvalue weighted by Gasteiger charge is 2.49. The van der Waals surface area contributed by atoms with Crippen molar-refractivity contribution in [3.05, 3.63) is 28.8 Å². The molecule has 0 aliphatic carbocycles. The molecule has 2 saturated heterocycles. The molecule has 0 aromatic heterocycles. The summed E-state index contributed by atoms with van der Waals surface area (Å²) in [7, 11) is -3.08. The number of amidine groups is 1. The van der Waals surface area contributed by atoms with Crippen molar-refractivity contribution >= 4 is 50.0 Å². The van der Waals surface area contributed by atoms with E-state index in [1.807, 2.05) is 50.8 Å². The van der Waals surface area contributed by atoms with Crippen LogP contribution >= 0.6 is 23.4 Å². The zero-order valence-electron chi connectivity index (χ0n) is 14.6. The largest absolute Gasteiger partial charge is 0.316 e. The van der Waals surface area contributed by atoms with Gasteiger partial charge in [0.25, 0.3) is 5.91 Å². The number of carbonyl (C=O) groups excluding carboxylic acids is 1. The summed E-state index contributed by atoms with van der Waals surface area (Å²) in [4.78, 5) is 18.6. The number of benzene rings is 1. The molecule has 1 aromatic carbocycles. The molecule has 5 nitrogen and oxygen atoms in total. The van der Waals surface area contributed by atoms with Crippen LogP contribution in [-0.2, 0) is 14.6 Å². The topological polar surface area (TPSA) is 66.8 Å². The highest BCUT2D eigenvalue weighted by molar-refractivity contribution is 8.16. The molecule has 3 rings (SSSR count). The van der Waals surface area contributed by atoms with Gasteiger partial charge in [-0.15, -0.1) is 0 Å². The van der Waals surface area contributed by atoms with Crippen LogP contribution in [0.25, 0.3) is 0 Å². The van der Waals surface area contributed by atoms with Crippen molar-refractivity contribution in [2.75, 3.05) is 16.4 Å². The van der Waals surface area contributed by atoms with E-state index in [1.54, 1.807) is 0 Å². The zero-order valence-corrected chi connectivity index (χ0v) is 17.0. The highest BCUT2D eigenvalue weighted by Crippen LogP contribution is 2.42. The Morgan fingerprint density at radius 1 is 1.32 bits per heavy atom. The molecule has 2 heterocycles. The fourth-order valence-electron chi connectivity index (χ4n) is 2.85. The standard InChI is InChI=1S/C17H21ClN2O3S2/c1-10-5-6-11(7-12(10)18)20-13-8-25(22,23)9-14(13)24-16(20)19-15(21)17(2,3)4/h5-7,13-14H,8-9H2,1-4H3. The van der Waals surface area contributed by atoms with Crippen molar-refractivity contribution in [3.63, 3.8) is 0 Å². The Morgan fingerprint density at radius 2 is 2.00 bits per heavy atom. The van der Waals surface area contributed by atoms with Gasteiger partial charge in [-0.2, -0.15) is 4.99 Å². The van der Waals surface area contributed by atoms with Gasteiger partial charge in [-0.3, -0.25) is 4.79 Å². The molecule has 2 aliphatic rings. The van der Waals surface area contributed by atoms with Gasteiger partial charge in [0.05, 0.1) is 17.5 Å². The first kappa shape index (κ1) is 18.7. The number of thioether (sulfide) groups is 1. The van der Waals surface area contributed by atoms with E-state index >= 15 is 0 Å². The van der Waals surface area contributed by atoms with Crippen molar-refractivity contribution in [3.8, 4) is 0 Å². The van der Waals surface area contributed by atoms with Crippen LogP contribution in [0.1, 0.15) is 26.3 Å². The van der Waals surface area contributed by atoms with E-state index in [4.69, 9.17) is 11.6 Å². The summed E-state index contributed by atoms with van der Waals surface area (Å²) in [6, 6.07) is 5.37. The third kappa shape index (κ3) is 3.73. The SMILES string of the molecule is Cc1ccc(N2C(=NC(=O)C(C)(C)C)SC3CS(=O)(=O)CC32)cc1Cl. The summed E-state index contributed by atoms with van der Waals surface area (Å²) in [6.45, 7) is 7.36. The molecule has 1 aromatic rings. The smallest absolute Gasteiger partial charge is 0.253 e. The van der Waals surface area contributed by atoms with Gasteiger partial charge in [-0.1, -0.05) is 50.2 Å². The molecule has 0 bridgehead atoms. The van der Waals surface area contributed by atoms with Gasteiger partial charge in [-0.05, 0) is 24.6 Å². The minimum absolute atomic E-state index is 0.0683. The minimum atomic E-state index is -3.08. The fraction of sp³-hybridized carbons (Fsp3) is 0.529. The average molecular weight is 401 g/mol. The Bertz CT molecular complexity index is 859. The minimum Gasteiger partial charge on any atom is -0.316 e. The van der Waals surface area contributed by atoms with Crippen LogP contribution in [-0.4, -0.2) is 42.3 Å². The van der Waals surface area contributed by atoms with Gasteiger partial charge in [0.2, 0.25) is 0 Å². The van der Waals surface area contributed by atoms with E-state index in [0.717, 1.165) is 11.3 Å². The summed E-state index contributed by atoms with van der Waals surface area (Å²) >= 11 is 7.63. The van der Waals surface area contributed by atoms with Crippen LogP contribution in [0.15, 0.2) is 23.2 Å². The van der Waals surface area contributed by atoms with Crippen LogP contribution in [0, 0.1) is 12.3 Å². The van der Waals surface area contributed by atoms with Gasteiger partial charge < -0.3 is 4.90 Å². The fourth-order valence-corrected chi connectivity index (χ4v) is 6.94. The summed E-state index contributed by atoms with van der Waals surface area (Å²) in [5.74, 6) is -0.0407. The molecule has 0 saturated carbocycles. The van der Waals surface area contributed by atoms with Crippen molar-refractivity contribution in [1.82, 2.24) is 0 Å². The second kappa shape index (κ2) is 6.28. The zero-order chi connectivity index (χ0) is 18.6. The number of aliphatic imine (C=N–C) groups is 1. The second-order valence-corrected chi connectivity index (χ2v) is 11.3. The molecule has 0 N–H and O–H groups in total. The molecule has 0 spiro atoms. The first-order valence-electron chi connectivity index (χ1n) is 8.03. The number of nitrogens with zero attached hydrogens (tertiary/aromatic N) is 2. The highest BCUT2D eigenvalue weighted by atomic mass is 35.5. The van der Waals surface area contributed by atoms with Crippen molar-refractivity contribution in [2.24, 2.45) is 10.4 Å². The summed E-state index contributed by atoms with van der Waals surface area (Å²) in [5, 5.41) is 1.05. The van der Waals surface area contributed by atoms with E-state index in [-0.39, 0.29) is 28.7 Å². The third-order valence-corrected chi connectivity index (χ3v) is 7.96. The lowest BCUT2D eigenvalue weighted by Gasteiger charge is -2.25.